The van der Waals surface area contributed by atoms with E-state index in [1.54, 1.807) is 36.6 Å². The Hall–Kier alpha value is -3.28. The predicted molar refractivity (Wildman–Crippen MR) is 204 cm³/mol. The predicted octanol–water partition coefficient (Wildman–Crippen LogP) is -8.50. The molecule has 58 heavy (non-hydrogen) atoms. The average Bonchev–Trinajstić information content (AvgIpc) is 3.12. The molecule has 2 rings (SSSR count). The third-order valence-electron chi connectivity index (χ3n) is 7.96. The normalized spacial score (nSPS) is 13.9. The molecule has 2 aromatic rings. The summed E-state index contributed by atoms with van der Waals surface area (Å²) in [7, 11) is 1.70. The van der Waals surface area contributed by atoms with Crippen LogP contribution in [0.3, 0.4) is 0 Å². The minimum absolute atomic E-state index is 0.0686. The standard InChI is InChI=1S/C27H30Br2IN3O12.C7H17NO5/c28-17-7-15(8-18(29)26(17)45-16-1-2-21(34)19(30)10-16)9-20(27(43)44)33(5-3-31(11-22(35)36)12-23(37)38)6-4-32(13-24(39)40)14-25(41)42;1-8-2-4(10)6(12)7(13)5(11)3-9/h1-2,7-8,10,20,34H,3-6,9,11-14H2,(H,35,36)(H,37,38)(H,39,40)(H,41,42)(H,43,44);4-13H,2-3H2,1H3/p-4/t20-;4-,5?,6+,7+/m00/s1. The number of phenols is 1. The fourth-order valence-electron chi connectivity index (χ4n) is 5.15. The van der Waals surface area contributed by atoms with Crippen LogP contribution in [0.1, 0.15) is 5.56 Å². The highest BCUT2D eigenvalue weighted by Gasteiger charge is 2.30. The van der Waals surface area contributed by atoms with E-state index in [-0.39, 0.29) is 44.9 Å². The second-order valence-corrected chi connectivity index (χ2v) is 15.4. The number of aromatic hydroxyl groups is 1. The van der Waals surface area contributed by atoms with E-state index in [4.69, 9.17) is 20.1 Å². The fourth-order valence-corrected chi connectivity index (χ4v) is 7.08. The molecule has 21 nitrogen and oxygen atoms in total. The number of rotatable bonds is 26. The maximum absolute atomic E-state index is 12.4. The number of aliphatic hydroxyl groups is 5. The fraction of sp³-hybridized carbons (Fsp3) is 0.500. The summed E-state index contributed by atoms with van der Waals surface area (Å²) in [5.74, 6) is -7.12. The number of carbonyl (C=O) groups excluding carboxylic acids is 5. The maximum atomic E-state index is 12.4. The molecule has 0 aliphatic rings. The van der Waals surface area contributed by atoms with Gasteiger partial charge in [0, 0.05) is 52.4 Å². The zero-order valence-electron chi connectivity index (χ0n) is 30.8. The number of aliphatic hydroxyl groups excluding tert-OH is 5. The first-order valence-electron chi connectivity index (χ1n) is 17.0. The third kappa shape index (κ3) is 19.6. The molecule has 8 N–H and O–H groups in total. The van der Waals surface area contributed by atoms with Gasteiger partial charge in [-0.1, -0.05) is 0 Å². The number of nitrogens with two attached hydrogens (primary N) is 1. The summed E-state index contributed by atoms with van der Waals surface area (Å²) in [5.41, 5.74) is 0.447. The number of carbonyl (C=O) groups is 5. The number of benzene rings is 2. The van der Waals surface area contributed by atoms with Crippen LogP contribution in [-0.4, -0.2) is 178 Å². The van der Waals surface area contributed by atoms with Gasteiger partial charge in [0.2, 0.25) is 0 Å². The number of aliphatic carboxylic acids is 5. The number of likely N-dealkylation sites (N-methyl/N-ethyl adjacent to an activating group) is 1. The molecule has 2 aromatic carbocycles. The highest BCUT2D eigenvalue weighted by molar-refractivity contribution is 14.1. The Morgan fingerprint density at radius 1 is 0.759 bits per heavy atom. The lowest BCUT2D eigenvalue weighted by Gasteiger charge is -2.36. The number of hydrogen-bond donors (Lipinski definition) is 7. The molecule has 326 valence electrons. The van der Waals surface area contributed by atoms with Crippen molar-refractivity contribution in [2.45, 2.75) is 36.9 Å². The molecule has 0 aliphatic heterocycles. The lowest BCUT2D eigenvalue weighted by molar-refractivity contribution is -0.635. The van der Waals surface area contributed by atoms with E-state index in [1.807, 2.05) is 22.6 Å². The van der Waals surface area contributed by atoms with Crippen molar-refractivity contribution in [1.82, 2.24) is 14.7 Å². The summed E-state index contributed by atoms with van der Waals surface area (Å²) in [6.45, 7) is -4.75. The van der Waals surface area contributed by atoms with Gasteiger partial charge in [-0.05, 0) is 96.8 Å². The molecule has 0 saturated carbocycles. The summed E-state index contributed by atoms with van der Waals surface area (Å²) in [6.07, 6.45) is -5.74. The van der Waals surface area contributed by atoms with Crippen molar-refractivity contribution in [1.29, 1.82) is 0 Å². The van der Waals surface area contributed by atoms with Crippen LogP contribution in [0.15, 0.2) is 39.3 Å². The molecule has 0 bridgehead atoms. The Morgan fingerprint density at radius 3 is 1.59 bits per heavy atom. The number of phenolic OH excluding ortho intramolecular Hbond substituents is 1. The quantitative estimate of drug-likeness (QED) is 0.0430. The summed E-state index contributed by atoms with van der Waals surface area (Å²) >= 11 is 8.73. The van der Waals surface area contributed by atoms with Gasteiger partial charge >= 0.3 is 0 Å². The van der Waals surface area contributed by atoms with Gasteiger partial charge in [0.1, 0.15) is 42.5 Å². The van der Waals surface area contributed by atoms with Gasteiger partial charge in [-0.25, -0.2) is 0 Å². The van der Waals surface area contributed by atoms with E-state index < -0.39 is 93.1 Å². The van der Waals surface area contributed by atoms with E-state index in [0.717, 1.165) is 9.80 Å². The second-order valence-electron chi connectivity index (χ2n) is 12.5. The molecule has 0 saturated heterocycles. The Bertz CT molecular complexity index is 1580. The number of hydrogen-bond acceptors (Lipinski definition) is 20. The van der Waals surface area contributed by atoms with Crippen LogP contribution < -0.4 is 35.6 Å². The minimum atomic E-state index is -1.59. The number of nitrogens with zero attached hydrogens (tertiary/aromatic N) is 3. The van der Waals surface area contributed by atoms with Crippen molar-refractivity contribution in [3.63, 3.8) is 0 Å². The van der Waals surface area contributed by atoms with Gasteiger partial charge in [-0.15, -0.1) is 0 Å². The number of carboxylic acid groups (broad SMARTS) is 5. The first-order chi connectivity index (χ1) is 27.1. The van der Waals surface area contributed by atoms with Crippen LogP contribution in [-0.2, 0) is 30.4 Å². The highest BCUT2D eigenvalue weighted by atomic mass is 127. The SMILES string of the molecule is C[NH2+]C[C@H](O)[C@@H](O)[C@H](O)C(O)CO.O=C([O-])CN(CCN(CCN(CC(=O)[O-])CC(=O)[O-])[C@@H](Cc1cc(Br)c(Oc2ccc(O)c(I)c2)c(Br)c1)C(=O)[O-])CC(=O)[O-]. The maximum Gasteiger partial charge on any atom is 0.155 e. The summed E-state index contributed by atoms with van der Waals surface area (Å²) < 4.78 is 7.29. The van der Waals surface area contributed by atoms with Crippen molar-refractivity contribution in [3.8, 4) is 17.2 Å². The van der Waals surface area contributed by atoms with Gasteiger partial charge in [-0.3, -0.25) is 14.7 Å². The molecule has 0 aromatic heterocycles. The number of quaternary nitrogens is 1. The zero-order valence-corrected chi connectivity index (χ0v) is 36.1. The van der Waals surface area contributed by atoms with Gasteiger partial charge in [0.25, 0.3) is 0 Å². The van der Waals surface area contributed by atoms with Crippen molar-refractivity contribution < 1.29 is 90.2 Å². The largest absolute Gasteiger partial charge is 0.549 e. The Kier molecular flexibility index (Phi) is 24.3. The van der Waals surface area contributed by atoms with Crippen LogP contribution in [0.25, 0.3) is 0 Å². The molecule has 24 heteroatoms. The van der Waals surface area contributed by atoms with Crippen molar-refractivity contribution in [2.75, 3.05) is 72.6 Å². The topological polar surface area (TPSA) is 358 Å². The zero-order chi connectivity index (χ0) is 44.3. The number of carboxylic acids is 5. The van der Waals surface area contributed by atoms with E-state index in [9.17, 15) is 64.8 Å². The summed E-state index contributed by atoms with van der Waals surface area (Å²) in [4.78, 5) is 60.1. The molecule has 0 radical (unpaired) electrons. The van der Waals surface area contributed by atoms with Crippen molar-refractivity contribution in [2.24, 2.45) is 0 Å². The Morgan fingerprint density at radius 2 is 1.21 bits per heavy atom. The van der Waals surface area contributed by atoms with Gasteiger partial charge in [0.15, 0.2) is 5.75 Å². The third-order valence-corrected chi connectivity index (χ3v) is 10.0. The van der Waals surface area contributed by atoms with Crippen molar-refractivity contribution >= 4 is 84.3 Å². The van der Waals surface area contributed by atoms with Crippen LogP contribution in [0.5, 0.6) is 17.2 Å². The van der Waals surface area contributed by atoms with E-state index in [1.165, 1.54) is 11.0 Å². The van der Waals surface area contributed by atoms with E-state index in [0.29, 0.717) is 29.6 Å². The van der Waals surface area contributed by atoms with Gasteiger partial charge in [-0.2, -0.15) is 0 Å². The van der Waals surface area contributed by atoms with Crippen LogP contribution in [0.4, 0.5) is 0 Å². The molecule has 0 spiro atoms. The average molecular weight is 1070 g/mol. The lowest BCUT2D eigenvalue weighted by Crippen LogP contribution is -2.83. The summed E-state index contributed by atoms with van der Waals surface area (Å²) in [6, 6.07) is 6.32. The molecule has 0 aliphatic carbocycles. The first-order valence-corrected chi connectivity index (χ1v) is 19.7. The van der Waals surface area contributed by atoms with E-state index >= 15 is 0 Å². The van der Waals surface area contributed by atoms with Crippen LogP contribution in [0.2, 0.25) is 0 Å². The van der Waals surface area contributed by atoms with Crippen LogP contribution in [0, 0.1) is 3.57 Å². The number of halogens is 3. The molecule has 0 amide bonds. The monoisotopic (exact) mass is 1060 g/mol. The minimum Gasteiger partial charge on any atom is -0.549 e. The molecule has 0 fully saturated rings. The number of ether oxygens (including phenoxy) is 1. The van der Waals surface area contributed by atoms with E-state index in [2.05, 4.69) is 31.9 Å². The van der Waals surface area contributed by atoms with Gasteiger partial charge < -0.3 is 90.2 Å². The molecular weight excluding hydrogens is 1020 g/mol. The summed E-state index contributed by atoms with van der Waals surface area (Å²) in [5, 5.41) is 113. The lowest BCUT2D eigenvalue weighted by atomic mass is 10.0. The molecule has 5 atom stereocenters. The Labute approximate surface area is 362 Å². The first kappa shape index (κ1) is 52.7. The second kappa shape index (κ2) is 26.7. The van der Waals surface area contributed by atoms with Crippen molar-refractivity contribution in [3.05, 3.63) is 48.4 Å². The molecule has 1 unspecified atom stereocenters. The highest BCUT2D eigenvalue weighted by Crippen LogP contribution is 2.39. The van der Waals surface area contributed by atoms with Crippen LogP contribution >= 0.6 is 54.5 Å². The van der Waals surface area contributed by atoms with Gasteiger partial charge in [0.05, 0.1) is 62.1 Å². The Balaban J connectivity index is 0.00000110. The molecular formula is C34H43Br2IN4O17-4. The smallest absolute Gasteiger partial charge is 0.155 e. The molecule has 0 heterocycles.